The molecule has 0 aromatic heterocycles. The predicted octanol–water partition coefficient (Wildman–Crippen LogP) is 4.59. The van der Waals surface area contributed by atoms with Gasteiger partial charge in [-0.2, -0.15) is 13.2 Å². The zero-order valence-corrected chi connectivity index (χ0v) is 14.5. The summed E-state index contributed by atoms with van der Waals surface area (Å²) in [6.07, 6.45) is -5.30. The predicted molar refractivity (Wildman–Crippen MR) is 86.0 cm³/mol. The summed E-state index contributed by atoms with van der Waals surface area (Å²) >= 11 is 0. The van der Waals surface area contributed by atoms with Crippen LogP contribution >= 0.6 is 0 Å². The van der Waals surface area contributed by atoms with Crippen LogP contribution in [0, 0.1) is 6.92 Å². The topological polar surface area (TPSA) is 35.5 Å². The molecule has 1 aliphatic heterocycles. The summed E-state index contributed by atoms with van der Waals surface area (Å²) in [5, 5.41) is 0. The molecule has 0 bridgehead atoms. The number of halogens is 3. The molecule has 132 valence electrons. The monoisotopic (exact) mass is 342 g/mol. The largest absolute Gasteiger partial charge is 0.470 e. The first kappa shape index (κ1) is 19.0. The number of Topliss-reactive ketones (excluding diaryl/α,β-unsaturated/α-hetero) is 1. The fourth-order valence-electron chi connectivity index (χ4n) is 2.48. The van der Waals surface area contributed by atoms with E-state index >= 15 is 0 Å². The van der Waals surface area contributed by atoms with Gasteiger partial charge in [0.2, 0.25) is 0 Å². The number of carbonyl (C=O) groups is 1. The molecule has 2 rings (SSSR count). The van der Waals surface area contributed by atoms with Gasteiger partial charge in [-0.25, -0.2) is 0 Å². The third kappa shape index (κ3) is 3.83. The summed E-state index contributed by atoms with van der Waals surface area (Å²) in [4.78, 5) is 12.3. The van der Waals surface area contributed by atoms with E-state index in [0.29, 0.717) is 0 Å². The fraction of sp³-hybridized carbons (Fsp3) is 0.588. The molecule has 0 aliphatic carbocycles. The maximum absolute atomic E-state index is 13.5. The molecule has 0 amide bonds. The molecule has 1 aromatic rings. The maximum Gasteiger partial charge on any atom is 0.470 e. The van der Waals surface area contributed by atoms with E-state index in [9.17, 15) is 18.0 Å². The highest BCUT2D eigenvalue weighted by atomic mass is 19.4. The lowest BCUT2D eigenvalue weighted by molar-refractivity contribution is -0.138. The van der Waals surface area contributed by atoms with Crippen molar-refractivity contribution < 1.29 is 27.3 Å². The normalized spacial score (nSPS) is 20.9. The van der Waals surface area contributed by atoms with Crippen LogP contribution in [0.15, 0.2) is 24.3 Å². The number of carbonyl (C=O) groups excluding carboxylic acids is 1. The van der Waals surface area contributed by atoms with Crippen LogP contribution in [-0.4, -0.2) is 30.3 Å². The van der Waals surface area contributed by atoms with Gasteiger partial charge in [0, 0.05) is 12.0 Å². The lowest BCUT2D eigenvalue weighted by Crippen LogP contribution is -2.41. The Bertz CT molecular complexity index is 593. The van der Waals surface area contributed by atoms with E-state index in [-0.39, 0.29) is 5.56 Å². The van der Waals surface area contributed by atoms with Crippen LogP contribution in [0.4, 0.5) is 13.2 Å². The Morgan fingerprint density at radius 2 is 1.54 bits per heavy atom. The summed E-state index contributed by atoms with van der Waals surface area (Å²) in [6, 6.07) is 6.47. The van der Waals surface area contributed by atoms with Crippen molar-refractivity contribution >= 4 is 12.9 Å². The highest BCUT2D eigenvalue weighted by Crippen LogP contribution is 2.46. The minimum absolute atomic E-state index is 0.256. The van der Waals surface area contributed by atoms with Gasteiger partial charge in [-0.1, -0.05) is 29.8 Å². The quantitative estimate of drug-likeness (QED) is 0.593. The zero-order valence-electron chi connectivity index (χ0n) is 14.5. The van der Waals surface area contributed by atoms with E-state index in [1.54, 1.807) is 39.8 Å². The SMILES string of the molecule is Cc1ccc(C(=O)C[C@H](B2OC(C)(C)C(C)(C)O2)C(F)(F)F)cc1. The first-order valence-electron chi connectivity index (χ1n) is 7.86. The number of hydrogen-bond acceptors (Lipinski definition) is 3. The van der Waals surface area contributed by atoms with Crippen molar-refractivity contribution in [2.24, 2.45) is 0 Å². The van der Waals surface area contributed by atoms with Crippen molar-refractivity contribution in [3.63, 3.8) is 0 Å². The van der Waals surface area contributed by atoms with E-state index in [0.717, 1.165) is 5.56 Å². The van der Waals surface area contributed by atoms with Crippen molar-refractivity contribution in [3.05, 3.63) is 35.4 Å². The Morgan fingerprint density at radius 3 is 1.96 bits per heavy atom. The van der Waals surface area contributed by atoms with E-state index in [1.165, 1.54) is 12.1 Å². The van der Waals surface area contributed by atoms with Crippen molar-refractivity contribution in [1.82, 2.24) is 0 Å². The van der Waals surface area contributed by atoms with E-state index in [4.69, 9.17) is 9.31 Å². The van der Waals surface area contributed by atoms with E-state index < -0.39 is 42.5 Å². The van der Waals surface area contributed by atoms with Gasteiger partial charge < -0.3 is 9.31 Å². The number of hydrogen-bond donors (Lipinski definition) is 0. The van der Waals surface area contributed by atoms with Gasteiger partial charge in [-0.15, -0.1) is 0 Å². The van der Waals surface area contributed by atoms with Crippen LogP contribution in [0.5, 0.6) is 0 Å². The Kier molecular flexibility index (Phi) is 4.90. The van der Waals surface area contributed by atoms with Gasteiger partial charge in [0.25, 0.3) is 0 Å². The minimum Gasteiger partial charge on any atom is -0.403 e. The van der Waals surface area contributed by atoms with Crippen molar-refractivity contribution in [3.8, 4) is 0 Å². The Labute approximate surface area is 140 Å². The molecule has 0 spiro atoms. The van der Waals surface area contributed by atoms with Gasteiger partial charge in [0.1, 0.15) is 0 Å². The molecule has 24 heavy (non-hydrogen) atoms. The Balaban J connectivity index is 2.22. The van der Waals surface area contributed by atoms with E-state index in [2.05, 4.69) is 0 Å². The number of ketones is 1. The van der Waals surface area contributed by atoms with Gasteiger partial charge in [0.05, 0.1) is 17.0 Å². The molecule has 0 unspecified atom stereocenters. The summed E-state index contributed by atoms with van der Waals surface area (Å²) < 4.78 is 51.5. The molecule has 0 N–H and O–H groups in total. The lowest BCUT2D eigenvalue weighted by atomic mass is 9.68. The van der Waals surface area contributed by atoms with Crippen LogP contribution in [-0.2, 0) is 9.31 Å². The molecule has 1 atom stereocenters. The maximum atomic E-state index is 13.5. The smallest absolute Gasteiger partial charge is 0.403 e. The van der Waals surface area contributed by atoms with Gasteiger partial charge >= 0.3 is 13.3 Å². The highest BCUT2D eigenvalue weighted by Gasteiger charge is 2.60. The summed E-state index contributed by atoms with van der Waals surface area (Å²) in [7, 11) is -1.50. The molecule has 3 nitrogen and oxygen atoms in total. The lowest BCUT2D eigenvalue weighted by Gasteiger charge is -2.32. The second-order valence-corrected chi connectivity index (χ2v) is 7.27. The van der Waals surface area contributed by atoms with Crippen molar-refractivity contribution in [1.29, 1.82) is 0 Å². The molecule has 0 radical (unpaired) electrons. The average molecular weight is 342 g/mol. The third-order valence-corrected chi connectivity index (χ3v) is 4.80. The molecule has 0 saturated carbocycles. The van der Waals surface area contributed by atoms with Gasteiger partial charge in [0.15, 0.2) is 5.78 Å². The first-order valence-corrected chi connectivity index (χ1v) is 7.86. The molecule has 1 saturated heterocycles. The molecule has 1 aromatic carbocycles. The van der Waals surface area contributed by atoms with Crippen LogP contribution in [0.25, 0.3) is 0 Å². The zero-order chi connectivity index (χ0) is 18.3. The van der Waals surface area contributed by atoms with Crippen molar-refractivity contribution in [2.75, 3.05) is 0 Å². The molecule has 7 heteroatoms. The Hall–Kier alpha value is -1.34. The molecular formula is C17H22BF3O3. The molecule has 1 fully saturated rings. The molecular weight excluding hydrogens is 320 g/mol. The molecule has 1 heterocycles. The number of rotatable bonds is 4. The molecule has 1 aliphatic rings. The van der Waals surface area contributed by atoms with Crippen LogP contribution in [0.2, 0.25) is 5.82 Å². The highest BCUT2D eigenvalue weighted by molar-refractivity contribution is 6.48. The van der Waals surface area contributed by atoms with E-state index in [1.807, 2.05) is 6.92 Å². The number of alkyl halides is 3. The third-order valence-electron chi connectivity index (χ3n) is 4.80. The van der Waals surface area contributed by atoms with Crippen LogP contribution in [0.3, 0.4) is 0 Å². The fourth-order valence-corrected chi connectivity index (χ4v) is 2.48. The van der Waals surface area contributed by atoms with Gasteiger partial charge in [-0.05, 0) is 34.6 Å². The van der Waals surface area contributed by atoms with Gasteiger partial charge in [-0.3, -0.25) is 4.79 Å². The second kappa shape index (κ2) is 6.19. The first-order chi connectivity index (χ1) is 10.8. The minimum atomic E-state index is -4.60. The summed E-state index contributed by atoms with van der Waals surface area (Å²) in [5.41, 5.74) is -0.571. The number of benzene rings is 1. The van der Waals surface area contributed by atoms with Crippen LogP contribution < -0.4 is 0 Å². The standard InChI is InChI=1S/C17H22BF3O3/c1-11-6-8-12(9-7-11)13(22)10-14(17(19,20)21)18-23-15(2,3)16(4,5)24-18/h6-9,14H,10H2,1-5H3/t14-/m0/s1. The van der Waals surface area contributed by atoms with Crippen molar-refractivity contribution in [2.45, 2.75) is 64.2 Å². The number of aryl methyl sites for hydroxylation is 1. The summed E-state index contributed by atoms with van der Waals surface area (Å²) in [5.74, 6) is -2.58. The second-order valence-electron chi connectivity index (χ2n) is 7.27. The average Bonchev–Trinajstić information content (AvgIpc) is 2.63. The Morgan fingerprint density at radius 1 is 1.08 bits per heavy atom. The van der Waals surface area contributed by atoms with Crippen LogP contribution in [0.1, 0.15) is 50.0 Å². The summed E-state index contributed by atoms with van der Waals surface area (Å²) in [6.45, 7) is 8.58.